The third-order valence-corrected chi connectivity index (χ3v) is 5.23. The average Bonchev–Trinajstić information content (AvgIpc) is 2.91. The van der Waals surface area contributed by atoms with Crippen LogP contribution in [0.15, 0.2) is 66.7 Å². The van der Waals surface area contributed by atoms with Gasteiger partial charge in [-0.1, -0.05) is 36.4 Å². The monoisotopic (exact) mass is 328 g/mol. The van der Waals surface area contributed by atoms with E-state index in [2.05, 4.69) is 104 Å². The van der Waals surface area contributed by atoms with Gasteiger partial charge in [0, 0.05) is 11.4 Å². The Kier molecular flexibility index (Phi) is 3.76. The van der Waals surface area contributed by atoms with Crippen molar-refractivity contribution in [2.45, 2.75) is 33.9 Å². The third-order valence-electron chi connectivity index (χ3n) is 5.23. The molecule has 2 nitrogen and oxygen atoms in total. The lowest BCUT2D eigenvalue weighted by Crippen LogP contribution is -2.35. The van der Waals surface area contributed by atoms with Crippen LogP contribution in [0.3, 0.4) is 0 Å². The van der Waals surface area contributed by atoms with Gasteiger partial charge in [-0.3, -0.25) is 0 Å². The van der Waals surface area contributed by atoms with E-state index in [1.807, 2.05) is 0 Å². The molecule has 3 aromatic carbocycles. The van der Waals surface area contributed by atoms with Gasteiger partial charge in [0.05, 0.1) is 11.4 Å². The molecule has 0 fully saturated rings. The van der Waals surface area contributed by atoms with Crippen molar-refractivity contribution in [2.75, 3.05) is 9.80 Å². The van der Waals surface area contributed by atoms with Gasteiger partial charge in [0.1, 0.15) is 6.17 Å². The van der Waals surface area contributed by atoms with Gasteiger partial charge in [-0.25, -0.2) is 0 Å². The van der Waals surface area contributed by atoms with Crippen LogP contribution in [0.1, 0.15) is 23.6 Å². The molecule has 1 heterocycles. The number of rotatable bonds is 2. The second-order valence-corrected chi connectivity index (χ2v) is 6.92. The molecule has 0 N–H and O–H groups in total. The van der Waals surface area contributed by atoms with Gasteiger partial charge in [0.2, 0.25) is 0 Å². The summed E-state index contributed by atoms with van der Waals surface area (Å²) in [6, 6.07) is 23.9. The molecule has 126 valence electrons. The van der Waals surface area contributed by atoms with Gasteiger partial charge in [0.15, 0.2) is 0 Å². The molecule has 4 rings (SSSR count). The second kappa shape index (κ2) is 5.96. The van der Waals surface area contributed by atoms with Crippen molar-refractivity contribution >= 4 is 22.7 Å². The topological polar surface area (TPSA) is 6.48 Å². The normalized spacial score (nSPS) is 16.2. The third kappa shape index (κ3) is 2.49. The van der Waals surface area contributed by atoms with Crippen molar-refractivity contribution in [3.8, 4) is 0 Å². The summed E-state index contributed by atoms with van der Waals surface area (Å²) in [7, 11) is 0. The first kappa shape index (κ1) is 15.8. The molecule has 25 heavy (non-hydrogen) atoms. The Morgan fingerprint density at radius 3 is 1.96 bits per heavy atom. The first-order valence-electron chi connectivity index (χ1n) is 8.88. The largest absolute Gasteiger partial charge is 0.319 e. The minimum absolute atomic E-state index is 0.222. The zero-order valence-electron chi connectivity index (χ0n) is 15.3. The number of aryl methyl sites for hydroxylation is 2. The molecule has 0 amide bonds. The van der Waals surface area contributed by atoms with Crippen LogP contribution in [-0.4, -0.2) is 6.17 Å². The summed E-state index contributed by atoms with van der Waals surface area (Å²) in [6.45, 7) is 8.89. The summed E-state index contributed by atoms with van der Waals surface area (Å²) in [4.78, 5) is 4.89. The summed E-state index contributed by atoms with van der Waals surface area (Å²) in [5.74, 6) is 0. The first-order valence-corrected chi connectivity index (χ1v) is 8.88. The van der Waals surface area contributed by atoms with Crippen molar-refractivity contribution in [1.82, 2.24) is 0 Å². The number of hydrogen-bond donors (Lipinski definition) is 0. The van der Waals surface area contributed by atoms with Gasteiger partial charge in [0.25, 0.3) is 0 Å². The van der Waals surface area contributed by atoms with E-state index >= 15 is 0 Å². The number of anilines is 4. The van der Waals surface area contributed by atoms with Crippen molar-refractivity contribution in [3.05, 3.63) is 83.4 Å². The molecule has 0 spiro atoms. The Labute approximate surface area is 150 Å². The Balaban J connectivity index is 1.91. The SMILES string of the molecule is Cc1cc(C)c(C)c(N2c3ccccc3N(c3ccccc3)[C@@H]2C)c1. The van der Waals surface area contributed by atoms with E-state index in [-0.39, 0.29) is 6.17 Å². The molecule has 3 aromatic rings. The lowest BCUT2D eigenvalue weighted by Gasteiger charge is -2.32. The smallest absolute Gasteiger partial charge is 0.108 e. The lowest BCUT2D eigenvalue weighted by atomic mass is 10.0. The van der Waals surface area contributed by atoms with Crippen molar-refractivity contribution in [2.24, 2.45) is 0 Å². The highest BCUT2D eigenvalue weighted by molar-refractivity contribution is 5.89. The molecule has 0 aromatic heterocycles. The fourth-order valence-electron chi connectivity index (χ4n) is 3.93. The molecule has 0 unspecified atom stereocenters. The number of para-hydroxylation sites is 3. The van der Waals surface area contributed by atoms with Gasteiger partial charge in [-0.05, 0) is 74.7 Å². The van der Waals surface area contributed by atoms with E-state index in [1.54, 1.807) is 0 Å². The Bertz CT molecular complexity index is 915. The zero-order chi connectivity index (χ0) is 17.6. The van der Waals surface area contributed by atoms with Crippen LogP contribution in [0.5, 0.6) is 0 Å². The van der Waals surface area contributed by atoms with E-state index < -0.39 is 0 Å². The highest BCUT2D eigenvalue weighted by Crippen LogP contribution is 2.48. The fourth-order valence-corrected chi connectivity index (χ4v) is 3.93. The average molecular weight is 328 g/mol. The van der Waals surface area contributed by atoms with Crippen LogP contribution < -0.4 is 9.80 Å². The Morgan fingerprint density at radius 2 is 1.28 bits per heavy atom. The predicted molar refractivity (Wildman–Crippen MR) is 107 cm³/mol. The van der Waals surface area contributed by atoms with Crippen LogP contribution >= 0.6 is 0 Å². The van der Waals surface area contributed by atoms with Gasteiger partial charge >= 0.3 is 0 Å². The molecule has 1 atom stereocenters. The molecule has 1 aliphatic heterocycles. The first-order chi connectivity index (χ1) is 12.1. The maximum Gasteiger partial charge on any atom is 0.108 e. The van der Waals surface area contributed by atoms with E-state index in [1.165, 1.54) is 39.4 Å². The maximum absolute atomic E-state index is 2.47. The van der Waals surface area contributed by atoms with Crippen molar-refractivity contribution < 1.29 is 0 Å². The van der Waals surface area contributed by atoms with Crippen LogP contribution in [0, 0.1) is 20.8 Å². The van der Waals surface area contributed by atoms with E-state index in [9.17, 15) is 0 Å². The van der Waals surface area contributed by atoms with Crippen LogP contribution in [0.4, 0.5) is 22.7 Å². The number of fused-ring (bicyclic) bond motifs is 1. The zero-order valence-corrected chi connectivity index (χ0v) is 15.3. The molecular formula is C23H24N2. The highest BCUT2D eigenvalue weighted by Gasteiger charge is 2.35. The van der Waals surface area contributed by atoms with Crippen LogP contribution in [0.25, 0.3) is 0 Å². The lowest BCUT2D eigenvalue weighted by molar-refractivity contribution is 0.759. The summed E-state index contributed by atoms with van der Waals surface area (Å²) in [5.41, 5.74) is 9.07. The maximum atomic E-state index is 2.47. The second-order valence-electron chi connectivity index (χ2n) is 6.92. The minimum Gasteiger partial charge on any atom is -0.319 e. The summed E-state index contributed by atoms with van der Waals surface area (Å²) in [6.07, 6.45) is 0.222. The summed E-state index contributed by atoms with van der Waals surface area (Å²) in [5, 5.41) is 0. The molecule has 1 aliphatic rings. The minimum atomic E-state index is 0.222. The van der Waals surface area contributed by atoms with E-state index in [4.69, 9.17) is 0 Å². The number of benzene rings is 3. The molecule has 0 aliphatic carbocycles. The molecule has 0 saturated carbocycles. The van der Waals surface area contributed by atoms with Crippen molar-refractivity contribution in [3.63, 3.8) is 0 Å². The standard InChI is InChI=1S/C23H24N2/c1-16-14-17(2)18(3)23(15-16)25-19(4)24(20-10-6-5-7-11-20)21-12-8-9-13-22(21)25/h5-15,19H,1-4H3/t19-/m0/s1. The summed E-state index contributed by atoms with van der Waals surface area (Å²) >= 11 is 0. The fraction of sp³-hybridized carbons (Fsp3) is 0.217. The summed E-state index contributed by atoms with van der Waals surface area (Å²) < 4.78 is 0. The molecule has 0 radical (unpaired) electrons. The molecular weight excluding hydrogens is 304 g/mol. The highest BCUT2D eigenvalue weighted by atomic mass is 15.4. The molecule has 0 bridgehead atoms. The van der Waals surface area contributed by atoms with E-state index in [0.29, 0.717) is 0 Å². The molecule has 2 heteroatoms. The van der Waals surface area contributed by atoms with Gasteiger partial charge in [-0.15, -0.1) is 0 Å². The number of hydrogen-bond acceptors (Lipinski definition) is 2. The van der Waals surface area contributed by atoms with Gasteiger partial charge in [-0.2, -0.15) is 0 Å². The van der Waals surface area contributed by atoms with E-state index in [0.717, 1.165) is 0 Å². The molecule has 0 saturated heterocycles. The van der Waals surface area contributed by atoms with Crippen LogP contribution in [-0.2, 0) is 0 Å². The Morgan fingerprint density at radius 1 is 0.680 bits per heavy atom. The number of nitrogens with zero attached hydrogens (tertiary/aromatic N) is 2. The van der Waals surface area contributed by atoms with Gasteiger partial charge < -0.3 is 9.80 Å². The predicted octanol–water partition coefficient (Wildman–Crippen LogP) is 6.25. The van der Waals surface area contributed by atoms with Crippen molar-refractivity contribution in [1.29, 1.82) is 0 Å². The van der Waals surface area contributed by atoms with Crippen LogP contribution in [0.2, 0.25) is 0 Å². The quantitative estimate of drug-likeness (QED) is 0.549. The Hall–Kier alpha value is -2.74.